The van der Waals surface area contributed by atoms with Crippen molar-refractivity contribution >= 4 is 10.5 Å². The standard InChI is InChI=1S/C12H9S/c1-2-11-9-6-10-13(11)12-7-4-3-5-8-12/h1,3-10H/q+1. The minimum absolute atomic E-state index is 0.0160. The quantitative estimate of drug-likeness (QED) is 0.472. The SMILES string of the molecule is C#Cc1ccc[s+]1-c1ccccc1. The lowest BCUT2D eigenvalue weighted by atomic mass is 10.4. The van der Waals surface area contributed by atoms with E-state index in [1.165, 1.54) is 4.90 Å². The van der Waals surface area contributed by atoms with Crippen molar-refractivity contribution in [2.24, 2.45) is 0 Å². The molecule has 0 nitrogen and oxygen atoms in total. The molecule has 0 amide bonds. The Morgan fingerprint density at radius 1 is 1.00 bits per heavy atom. The molecule has 0 aliphatic heterocycles. The van der Waals surface area contributed by atoms with Crippen molar-refractivity contribution in [1.29, 1.82) is 0 Å². The normalized spacial score (nSPS) is 10.8. The molecule has 0 fully saturated rings. The summed E-state index contributed by atoms with van der Waals surface area (Å²) in [5, 5.41) is 2.16. The Morgan fingerprint density at radius 2 is 1.77 bits per heavy atom. The molecule has 0 bridgehead atoms. The second-order valence-electron chi connectivity index (χ2n) is 2.65. The van der Waals surface area contributed by atoms with Crippen molar-refractivity contribution in [3.8, 4) is 17.2 Å². The van der Waals surface area contributed by atoms with Crippen molar-refractivity contribution in [3.63, 3.8) is 0 Å². The summed E-state index contributed by atoms with van der Waals surface area (Å²) in [7, 11) is 0.0160. The molecule has 2 aromatic rings. The number of rotatable bonds is 1. The average Bonchev–Trinajstić information content (AvgIpc) is 2.67. The summed E-state index contributed by atoms with van der Waals surface area (Å²) < 4.78 is 0. The van der Waals surface area contributed by atoms with Gasteiger partial charge in [-0.25, -0.2) is 0 Å². The molecular weight excluding hydrogens is 176 g/mol. The number of benzene rings is 1. The molecule has 1 unspecified atom stereocenters. The van der Waals surface area contributed by atoms with Crippen LogP contribution in [-0.4, -0.2) is 0 Å². The predicted octanol–water partition coefficient (Wildman–Crippen LogP) is 3.41. The smallest absolute Gasteiger partial charge is 0.110 e. The molecule has 13 heavy (non-hydrogen) atoms. The first-order valence-corrected chi connectivity index (χ1v) is 5.34. The lowest BCUT2D eigenvalue weighted by Crippen LogP contribution is -1.69. The third kappa shape index (κ3) is 1.49. The fraction of sp³-hybridized carbons (Fsp3) is 0. The van der Waals surface area contributed by atoms with Gasteiger partial charge in [-0.15, -0.1) is 6.42 Å². The molecular formula is C12H9S+. The van der Waals surface area contributed by atoms with Gasteiger partial charge in [0.15, 0.2) is 4.90 Å². The van der Waals surface area contributed by atoms with Crippen LogP contribution in [0.2, 0.25) is 0 Å². The Kier molecular flexibility index (Phi) is 2.16. The van der Waals surface area contributed by atoms with Gasteiger partial charge in [-0.2, -0.15) is 0 Å². The zero-order valence-electron chi connectivity index (χ0n) is 7.10. The molecule has 0 saturated heterocycles. The molecule has 1 aromatic carbocycles. The highest BCUT2D eigenvalue weighted by molar-refractivity contribution is 7.38. The maximum atomic E-state index is 5.41. The fourth-order valence-electron chi connectivity index (χ4n) is 1.24. The first kappa shape index (κ1) is 8.10. The third-order valence-electron chi connectivity index (χ3n) is 1.84. The summed E-state index contributed by atoms with van der Waals surface area (Å²) >= 11 is 0. The van der Waals surface area contributed by atoms with E-state index < -0.39 is 0 Å². The highest BCUT2D eigenvalue weighted by Gasteiger charge is 2.12. The second kappa shape index (κ2) is 3.47. The lowest BCUT2D eigenvalue weighted by Gasteiger charge is -1.88. The van der Waals surface area contributed by atoms with Crippen LogP contribution in [0.15, 0.2) is 47.8 Å². The average molecular weight is 185 g/mol. The highest BCUT2D eigenvalue weighted by Crippen LogP contribution is 2.33. The van der Waals surface area contributed by atoms with Gasteiger partial charge in [0, 0.05) is 16.5 Å². The van der Waals surface area contributed by atoms with Crippen LogP contribution in [0, 0.1) is 12.3 Å². The molecule has 0 N–H and O–H groups in total. The van der Waals surface area contributed by atoms with Crippen molar-refractivity contribution < 1.29 is 0 Å². The van der Waals surface area contributed by atoms with E-state index in [4.69, 9.17) is 6.42 Å². The molecule has 1 aromatic heterocycles. The molecule has 0 saturated carbocycles. The van der Waals surface area contributed by atoms with E-state index in [1.54, 1.807) is 0 Å². The zero-order chi connectivity index (χ0) is 9.10. The van der Waals surface area contributed by atoms with Crippen molar-refractivity contribution in [3.05, 3.63) is 52.7 Å². The van der Waals surface area contributed by atoms with Gasteiger partial charge >= 0.3 is 0 Å². The molecule has 0 spiro atoms. The van der Waals surface area contributed by atoms with E-state index in [0.29, 0.717) is 0 Å². The predicted molar refractivity (Wildman–Crippen MR) is 58.2 cm³/mol. The number of hydrogen-bond donors (Lipinski definition) is 0. The number of terminal acetylenes is 1. The summed E-state index contributed by atoms with van der Waals surface area (Å²) in [6, 6.07) is 14.4. The van der Waals surface area contributed by atoms with Crippen LogP contribution >= 0.6 is 10.5 Å². The van der Waals surface area contributed by atoms with Crippen molar-refractivity contribution in [2.75, 3.05) is 0 Å². The Morgan fingerprint density at radius 3 is 2.46 bits per heavy atom. The van der Waals surface area contributed by atoms with Gasteiger partial charge in [0.05, 0.1) is 0 Å². The van der Waals surface area contributed by atoms with Crippen LogP contribution in [0.25, 0.3) is 4.90 Å². The molecule has 0 aliphatic rings. The summed E-state index contributed by atoms with van der Waals surface area (Å²) in [5.41, 5.74) is 0. The minimum atomic E-state index is 0.0160. The topological polar surface area (TPSA) is 0 Å². The van der Waals surface area contributed by atoms with Gasteiger partial charge in [-0.1, -0.05) is 18.2 Å². The Hall–Kier alpha value is -1.52. The molecule has 1 heteroatoms. The van der Waals surface area contributed by atoms with Crippen LogP contribution in [-0.2, 0) is 0 Å². The summed E-state index contributed by atoms with van der Waals surface area (Å²) in [4.78, 5) is 2.37. The largest absolute Gasteiger partial charge is 0.229 e. The van der Waals surface area contributed by atoms with E-state index in [0.717, 1.165) is 4.88 Å². The van der Waals surface area contributed by atoms with Crippen molar-refractivity contribution in [2.45, 2.75) is 0 Å². The van der Waals surface area contributed by atoms with Crippen LogP contribution in [0.3, 0.4) is 0 Å². The summed E-state index contributed by atoms with van der Waals surface area (Å²) in [5.74, 6) is 2.72. The van der Waals surface area contributed by atoms with Gasteiger partial charge in [-0.3, -0.25) is 0 Å². The van der Waals surface area contributed by atoms with Gasteiger partial charge in [-0.05, 0) is 24.1 Å². The summed E-state index contributed by atoms with van der Waals surface area (Å²) in [6.45, 7) is 0. The Labute approximate surface area is 80.8 Å². The number of hydrogen-bond acceptors (Lipinski definition) is 0. The van der Waals surface area contributed by atoms with Gasteiger partial charge in [0.2, 0.25) is 4.88 Å². The maximum absolute atomic E-state index is 5.41. The van der Waals surface area contributed by atoms with Crippen molar-refractivity contribution in [1.82, 2.24) is 0 Å². The van der Waals surface area contributed by atoms with E-state index in [-0.39, 0.29) is 10.5 Å². The third-order valence-corrected chi connectivity index (χ3v) is 3.78. The van der Waals surface area contributed by atoms with Crippen LogP contribution < -0.4 is 0 Å². The van der Waals surface area contributed by atoms with Gasteiger partial charge in [0.25, 0.3) is 0 Å². The lowest BCUT2D eigenvalue weighted by molar-refractivity contribution is 1.76. The Bertz CT molecular complexity index is 432. The van der Waals surface area contributed by atoms with Gasteiger partial charge < -0.3 is 0 Å². The molecule has 0 radical (unpaired) electrons. The second-order valence-corrected chi connectivity index (χ2v) is 4.51. The molecule has 0 aliphatic carbocycles. The fourth-order valence-corrected chi connectivity index (χ4v) is 2.83. The zero-order valence-corrected chi connectivity index (χ0v) is 7.92. The first-order valence-electron chi connectivity index (χ1n) is 4.05. The van der Waals surface area contributed by atoms with E-state index in [1.807, 2.05) is 30.3 Å². The van der Waals surface area contributed by atoms with E-state index in [9.17, 15) is 0 Å². The highest BCUT2D eigenvalue weighted by atomic mass is 32.2. The van der Waals surface area contributed by atoms with Crippen LogP contribution in [0.1, 0.15) is 4.88 Å². The molecule has 1 atom stereocenters. The molecule has 1 heterocycles. The maximum Gasteiger partial charge on any atom is 0.229 e. The Balaban J connectivity index is 2.54. The number of thiophene rings is 1. The molecule has 62 valence electrons. The van der Waals surface area contributed by atoms with E-state index in [2.05, 4.69) is 23.4 Å². The molecule has 2 rings (SSSR count). The first-order chi connectivity index (χ1) is 6.42. The summed E-state index contributed by atoms with van der Waals surface area (Å²) in [6.07, 6.45) is 5.41. The monoisotopic (exact) mass is 185 g/mol. The van der Waals surface area contributed by atoms with Gasteiger partial charge in [0.1, 0.15) is 5.38 Å². The minimum Gasteiger partial charge on any atom is -0.110 e. The van der Waals surface area contributed by atoms with E-state index >= 15 is 0 Å². The van der Waals surface area contributed by atoms with Crippen LogP contribution in [0.5, 0.6) is 0 Å². The van der Waals surface area contributed by atoms with Crippen LogP contribution in [0.4, 0.5) is 0 Å².